The number of carbonyl (C=O) groups excluding carboxylic acids is 2. The number of allylic oxidation sites excluding steroid dienone is 3. The number of urea groups is 1. The molecule has 0 saturated carbocycles. The van der Waals surface area contributed by atoms with Crippen molar-refractivity contribution in [3.05, 3.63) is 48.4 Å². The van der Waals surface area contributed by atoms with Gasteiger partial charge in [-0.05, 0) is 37.1 Å². The van der Waals surface area contributed by atoms with Gasteiger partial charge in [-0.25, -0.2) is 4.79 Å². The van der Waals surface area contributed by atoms with Crippen molar-refractivity contribution in [3.63, 3.8) is 0 Å². The molecule has 1 aromatic carbocycles. The van der Waals surface area contributed by atoms with Crippen LogP contribution >= 0.6 is 0 Å². The molecular weight excluding hydrogens is 424 g/mol. The maximum Gasteiger partial charge on any atom is 0.501 e. The molecule has 1 atom stereocenters. The monoisotopic (exact) mass is 451 g/mol. The lowest BCUT2D eigenvalue weighted by Crippen LogP contribution is -2.54. The number of hydrogen-bond donors (Lipinski definition) is 0. The van der Waals surface area contributed by atoms with Crippen LogP contribution in [0.4, 0.5) is 4.79 Å². The number of rotatable bonds is 9. The lowest BCUT2D eigenvalue weighted by molar-refractivity contribution is -0.460. The third-order valence-electron chi connectivity index (χ3n) is 5.69. The van der Waals surface area contributed by atoms with E-state index in [9.17, 15) is 9.59 Å². The molecule has 0 radical (unpaired) electrons. The van der Waals surface area contributed by atoms with Gasteiger partial charge in [0.05, 0.1) is 20.8 Å². The van der Waals surface area contributed by atoms with Crippen LogP contribution in [0.3, 0.4) is 0 Å². The second-order valence-electron chi connectivity index (χ2n) is 7.79. The fourth-order valence-electron chi connectivity index (χ4n) is 3.95. The highest BCUT2D eigenvalue weighted by Crippen LogP contribution is 2.31. The Balaban J connectivity index is 1.62. The SMILES string of the molecule is CCCCCN1C(=O)C2C=CC=CC2=[N+](Cc2nc(-c3ccc(OC)c(OC)c3)no2)C1=O. The minimum absolute atomic E-state index is 0.0701. The number of imide groups is 1. The first-order chi connectivity index (χ1) is 16.1. The molecule has 4 rings (SSSR count). The van der Waals surface area contributed by atoms with E-state index < -0.39 is 5.92 Å². The van der Waals surface area contributed by atoms with E-state index >= 15 is 0 Å². The van der Waals surface area contributed by atoms with Gasteiger partial charge in [-0.2, -0.15) is 19.3 Å². The fraction of sp³-hybridized carbons (Fsp3) is 0.375. The van der Waals surface area contributed by atoms with Gasteiger partial charge in [0.15, 0.2) is 18.0 Å². The molecule has 0 spiro atoms. The number of ether oxygens (including phenoxy) is 2. The Morgan fingerprint density at radius 2 is 1.94 bits per heavy atom. The summed E-state index contributed by atoms with van der Waals surface area (Å²) in [6, 6.07) is 4.95. The number of aromatic nitrogens is 2. The Labute approximate surface area is 192 Å². The molecule has 3 amide bonds. The second kappa shape index (κ2) is 9.81. The van der Waals surface area contributed by atoms with Crippen molar-refractivity contribution in [2.45, 2.75) is 32.7 Å². The van der Waals surface area contributed by atoms with Crippen LogP contribution in [0.25, 0.3) is 11.4 Å². The Bertz CT molecular complexity index is 1150. The molecule has 33 heavy (non-hydrogen) atoms. The van der Waals surface area contributed by atoms with Gasteiger partial charge in [0, 0.05) is 5.56 Å². The van der Waals surface area contributed by atoms with E-state index in [1.165, 1.54) is 4.90 Å². The van der Waals surface area contributed by atoms with Gasteiger partial charge in [0.2, 0.25) is 5.82 Å². The van der Waals surface area contributed by atoms with Gasteiger partial charge in [-0.1, -0.05) is 36.7 Å². The highest BCUT2D eigenvalue weighted by atomic mass is 16.5. The third kappa shape index (κ3) is 4.44. The number of unbranched alkanes of at least 4 members (excludes halogenated alkanes) is 2. The molecule has 172 valence electrons. The summed E-state index contributed by atoms with van der Waals surface area (Å²) in [5.41, 5.74) is 1.31. The van der Waals surface area contributed by atoms with Crippen molar-refractivity contribution >= 4 is 17.6 Å². The summed E-state index contributed by atoms with van der Waals surface area (Å²) in [6.07, 6.45) is 9.97. The number of benzene rings is 1. The summed E-state index contributed by atoms with van der Waals surface area (Å²) in [7, 11) is 3.12. The average Bonchev–Trinajstić information content (AvgIpc) is 3.32. The first-order valence-corrected chi connectivity index (χ1v) is 11.0. The van der Waals surface area contributed by atoms with E-state index in [2.05, 4.69) is 17.1 Å². The Morgan fingerprint density at radius 3 is 2.70 bits per heavy atom. The molecule has 1 unspecified atom stereocenters. The predicted molar refractivity (Wildman–Crippen MR) is 120 cm³/mol. The van der Waals surface area contributed by atoms with Crippen molar-refractivity contribution in [3.8, 4) is 22.9 Å². The van der Waals surface area contributed by atoms with E-state index in [1.807, 2.05) is 18.2 Å². The molecule has 2 heterocycles. The van der Waals surface area contributed by atoms with E-state index in [1.54, 1.807) is 43.1 Å². The summed E-state index contributed by atoms with van der Waals surface area (Å²) in [4.78, 5) is 32.0. The second-order valence-corrected chi connectivity index (χ2v) is 7.79. The maximum atomic E-state index is 13.3. The number of amides is 3. The zero-order valence-corrected chi connectivity index (χ0v) is 19.0. The molecule has 9 heteroatoms. The summed E-state index contributed by atoms with van der Waals surface area (Å²) >= 11 is 0. The van der Waals surface area contributed by atoms with Gasteiger partial charge in [0.25, 0.3) is 5.89 Å². The molecule has 2 aliphatic rings. The van der Waals surface area contributed by atoms with Crippen LogP contribution in [0, 0.1) is 5.92 Å². The van der Waals surface area contributed by atoms with Crippen molar-refractivity contribution in [2.75, 3.05) is 20.8 Å². The zero-order chi connectivity index (χ0) is 23.4. The smallest absolute Gasteiger partial charge is 0.493 e. The standard InChI is InChI=1S/C24H27N4O5/c1-4-5-8-13-27-23(29)17-9-6-7-10-18(17)28(24(27)30)15-21-25-22(26-33-21)16-11-12-19(31-2)20(14-16)32-3/h6-7,9-12,14,17H,4-5,8,13,15H2,1-3H3/q+1. The van der Waals surface area contributed by atoms with Crippen molar-refractivity contribution in [1.82, 2.24) is 15.0 Å². The number of methoxy groups -OCH3 is 2. The quantitative estimate of drug-likeness (QED) is 0.424. The molecule has 0 bridgehead atoms. The minimum Gasteiger partial charge on any atom is -0.493 e. The minimum atomic E-state index is -0.498. The lowest BCUT2D eigenvalue weighted by Gasteiger charge is -2.26. The van der Waals surface area contributed by atoms with Gasteiger partial charge >= 0.3 is 11.9 Å². The molecule has 1 aromatic heterocycles. The molecule has 2 aromatic rings. The van der Waals surface area contributed by atoms with Gasteiger partial charge in [0.1, 0.15) is 11.6 Å². The van der Waals surface area contributed by atoms with Crippen molar-refractivity contribution < 1.29 is 28.2 Å². The zero-order valence-electron chi connectivity index (χ0n) is 19.0. The molecule has 0 fully saturated rings. The highest BCUT2D eigenvalue weighted by molar-refractivity contribution is 6.16. The average molecular weight is 452 g/mol. The van der Waals surface area contributed by atoms with Crippen LogP contribution in [-0.2, 0) is 11.3 Å². The number of hydrogen-bond acceptors (Lipinski definition) is 7. The van der Waals surface area contributed by atoms with E-state index in [0.29, 0.717) is 35.1 Å². The molecule has 1 aliphatic heterocycles. The van der Waals surface area contributed by atoms with Gasteiger partial charge in [-0.15, -0.1) is 0 Å². The van der Waals surface area contributed by atoms with E-state index in [-0.39, 0.29) is 24.4 Å². The highest BCUT2D eigenvalue weighted by Gasteiger charge is 2.46. The largest absolute Gasteiger partial charge is 0.501 e. The van der Waals surface area contributed by atoms with Gasteiger partial charge < -0.3 is 14.0 Å². The first-order valence-electron chi connectivity index (χ1n) is 11.0. The first kappa shape index (κ1) is 22.4. The van der Waals surface area contributed by atoms with Crippen LogP contribution in [0.15, 0.2) is 47.0 Å². The molecule has 1 aliphatic carbocycles. The van der Waals surface area contributed by atoms with Crippen LogP contribution in [0.5, 0.6) is 11.5 Å². The Morgan fingerprint density at radius 1 is 1.12 bits per heavy atom. The summed E-state index contributed by atoms with van der Waals surface area (Å²) in [5, 5.41) is 4.06. The Hall–Kier alpha value is -3.75. The lowest BCUT2D eigenvalue weighted by atomic mass is 9.94. The number of carbonyl (C=O) groups is 2. The number of nitrogens with zero attached hydrogens (tertiary/aromatic N) is 4. The van der Waals surface area contributed by atoms with Crippen LogP contribution in [0.2, 0.25) is 0 Å². The predicted octanol–water partition coefficient (Wildman–Crippen LogP) is 3.60. The fourth-order valence-corrected chi connectivity index (χ4v) is 3.95. The van der Waals surface area contributed by atoms with E-state index in [4.69, 9.17) is 14.0 Å². The summed E-state index contributed by atoms with van der Waals surface area (Å²) < 4.78 is 17.6. The Kier molecular flexibility index (Phi) is 6.67. The molecule has 0 N–H and O–H groups in total. The van der Waals surface area contributed by atoms with E-state index in [0.717, 1.165) is 19.3 Å². The molecule has 0 saturated heterocycles. The van der Waals surface area contributed by atoms with Gasteiger partial charge in [-0.3, -0.25) is 0 Å². The van der Waals surface area contributed by atoms with Crippen LogP contribution in [0.1, 0.15) is 32.1 Å². The number of fused-ring (bicyclic) bond motifs is 1. The van der Waals surface area contributed by atoms with Crippen molar-refractivity contribution in [2.24, 2.45) is 5.92 Å². The molecule has 9 nitrogen and oxygen atoms in total. The summed E-state index contributed by atoms with van der Waals surface area (Å²) in [5.74, 6) is 1.08. The van der Waals surface area contributed by atoms with Crippen LogP contribution in [-0.4, -0.2) is 58.0 Å². The van der Waals surface area contributed by atoms with Crippen molar-refractivity contribution in [1.29, 1.82) is 0 Å². The third-order valence-corrected chi connectivity index (χ3v) is 5.69. The maximum absolute atomic E-state index is 13.3. The molecular formula is C24H27N4O5+. The van der Waals surface area contributed by atoms with Crippen LogP contribution < -0.4 is 9.47 Å². The summed E-state index contributed by atoms with van der Waals surface area (Å²) in [6.45, 7) is 2.54. The normalized spacial score (nSPS) is 17.5. The topological polar surface area (TPSA) is 97.8 Å².